The monoisotopic (exact) mass is 350 g/mol. The Kier molecular flexibility index (Phi) is 5.11. The van der Waals surface area contributed by atoms with Gasteiger partial charge in [0.1, 0.15) is 0 Å². The third-order valence-corrected chi connectivity index (χ3v) is 4.20. The first-order valence-corrected chi connectivity index (χ1v) is 8.46. The minimum Gasteiger partial charge on any atom is -0.411 e. The predicted molar refractivity (Wildman–Crippen MR) is 95.0 cm³/mol. The van der Waals surface area contributed by atoms with Crippen molar-refractivity contribution in [3.05, 3.63) is 59.7 Å². The highest BCUT2D eigenvalue weighted by molar-refractivity contribution is 7.99. The normalized spacial score (nSPS) is 10.2. The highest BCUT2D eigenvalue weighted by Crippen LogP contribution is 2.25. The van der Waals surface area contributed by atoms with Crippen LogP contribution in [0.3, 0.4) is 0 Å². The van der Waals surface area contributed by atoms with Crippen LogP contribution in [0.2, 0.25) is 0 Å². The zero-order valence-electron chi connectivity index (χ0n) is 13.4. The van der Waals surface area contributed by atoms with Gasteiger partial charge in [-0.2, -0.15) is 5.26 Å². The molecule has 0 atom stereocenters. The Morgan fingerprint density at radius 2 is 2.08 bits per heavy atom. The standard InChI is InChI=1S/C18H14N4O2S/c1-12-5-2-3-8-15(12)17-21-22-18(24-17)25-11-16(23)20-14-7-4-6-13(9-14)10-19/h2-9H,11H2,1H3,(H,20,23). The SMILES string of the molecule is Cc1ccccc1-c1nnc(SCC(=O)Nc2cccc(C#N)c2)o1. The molecule has 0 saturated carbocycles. The molecule has 0 radical (unpaired) electrons. The average molecular weight is 350 g/mol. The number of anilines is 1. The van der Waals surface area contributed by atoms with Crippen LogP contribution in [0.25, 0.3) is 11.5 Å². The molecule has 0 aliphatic rings. The molecule has 0 saturated heterocycles. The Labute approximate surface area is 148 Å². The molecule has 2 aromatic carbocycles. The van der Waals surface area contributed by atoms with Crippen LogP contribution in [-0.4, -0.2) is 21.9 Å². The van der Waals surface area contributed by atoms with Gasteiger partial charge in [0.2, 0.25) is 11.8 Å². The van der Waals surface area contributed by atoms with Crippen LogP contribution in [0.1, 0.15) is 11.1 Å². The molecule has 1 N–H and O–H groups in total. The number of carbonyl (C=O) groups excluding carboxylic acids is 1. The van der Waals surface area contributed by atoms with Crippen molar-refractivity contribution in [1.82, 2.24) is 10.2 Å². The average Bonchev–Trinajstić information content (AvgIpc) is 3.09. The lowest BCUT2D eigenvalue weighted by atomic mass is 10.1. The Balaban J connectivity index is 1.60. The van der Waals surface area contributed by atoms with Gasteiger partial charge in [-0.05, 0) is 36.8 Å². The first kappa shape index (κ1) is 16.7. The van der Waals surface area contributed by atoms with E-state index in [1.54, 1.807) is 24.3 Å². The molecule has 0 bridgehead atoms. The van der Waals surface area contributed by atoms with E-state index < -0.39 is 0 Å². The molecule has 7 heteroatoms. The maximum Gasteiger partial charge on any atom is 0.277 e. The van der Waals surface area contributed by atoms with Crippen molar-refractivity contribution in [3.63, 3.8) is 0 Å². The molecule has 1 amide bonds. The number of amides is 1. The molecule has 1 aromatic heterocycles. The first-order valence-electron chi connectivity index (χ1n) is 7.48. The molecule has 0 unspecified atom stereocenters. The number of rotatable bonds is 5. The van der Waals surface area contributed by atoms with Gasteiger partial charge in [0.25, 0.3) is 5.22 Å². The second-order valence-corrected chi connectivity index (χ2v) is 6.14. The smallest absolute Gasteiger partial charge is 0.277 e. The van der Waals surface area contributed by atoms with E-state index in [9.17, 15) is 4.79 Å². The number of aromatic nitrogens is 2. The lowest BCUT2D eigenvalue weighted by Gasteiger charge is -2.03. The molecule has 3 rings (SSSR count). The van der Waals surface area contributed by atoms with Crippen LogP contribution >= 0.6 is 11.8 Å². The first-order chi connectivity index (χ1) is 12.2. The second-order valence-electron chi connectivity index (χ2n) is 5.22. The largest absolute Gasteiger partial charge is 0.411 e. The van der Waals surface area contributed by atoms with E-state index in [4.69, 9.17) is 9.68 Å². The summed E-state index contributed by atoms with van der Waals surface area (Å²) in [6.45, 7) is 1.97. The maximum absolute atomic E-state index is 12.0. The van der Waals surface area contributed by atoms with Crippen molar-refractivity contribution >= 4 is 23.4 Å². The zero-order chi connectivity index (χ0) is 17.6. The number of aryl methyl sites for hydroxylation is 1. The number of thioether (sulfide) groups is 1. The van der Waals surface area contributed by atoms with E-state index >= 15 is 0 Å². The molecule has 3 aromatic rings. The molecule has 0 spiro atoms. The van der Waals surface area contributed by atoms with Gasteiger partial charge in [0.15, 0.2) is 0 Å². The summed E-state index contributed by atoms with van der Waals surface area (Å²) in [4.78, 5) is 12.0. The fourth-order valence-corrected chi connectivity index (χ4v) is 2.74. The van der Waals surface area contributed by atoms with E-state index in [0.717, 1.165) is 22.9 Å². The number of nitrogens with zero attached hydrogens (tertiary/aromatic N) is 3. The quantitative estimate of drug-likeness (QED) is 0.706. The Bertz CT molecular complexity index is 946. The number of nitriles is 1. The molecule has 0 fully saturated rings. The van der Waals surface area contributed by atoms with Gasteiger partial charge in [0, 0.05) is 11.3 Å². The fourth-order valence-electron chi connectivity index (χ4n) is 2.18. The molecule has 124 valence electrons. The van der Waals surface area contributed by atoms with E-state index in [2.05, 4.69) is 15.5 Å². The summed E-state index contributed by atoms with van der Waals surface area (Å²) in [5.41, 5.74) is 2.98. The van der Waals surface area contributed by atoms with Gasteiger partial charge >= 0.3 is 0 Å². The summed E-state index contributed by atoms with van der Waals surface area (Å²) in [6, 6.07) is 16.5. The molecule has 1 heterocycles. The summed E-state index contributed by atoms with van der Waals surface area (Å²) in [5, 5.41) is 19.9. The summed E-state index contributed by atoms with van der Waals surface area (Å²) in [7, 11) is 0. The third-order valence-electron chi connectivity index (χ3n) is 3.38. The van der Waals surface area contributed by atoms with E-state index in [1.165, 1.54) is 0 Å². The lowest BCUT2D eigenvalue weighted by Crippen LogP contribution is -2.14. The van der Waals surface area contributed by atoms with E-state index in [1.807, 2.05) is 37.3 Å². The predicted octanol–water partition coefficient (Wildman–Crippen LogP) is 3.65. The van der Waals surface area contributed by atoms with Gasteiger partial charge in [0.05, 0.1) is 17.4 Å². The molecular weight excluding hydrogens is 336 g/mol. The molecule has 25 heavy (non-hydrogen) atoms. The van der Waals surface area contributed by atoms with Crippen molar-refractivity contribution in [2.24, 2.45) is 0 Å². The number of carbonyl (C=O) groups is 1. The summed E-state index contributed by atoms with van der Waals surface area (Å²) >= 11 is 1.16. The molecule has 6 nitrogen and oxygen atoms in total. The van der Waals surface area contributed by atoms with Gasteiger partial charge in [-0.25, -0.2) is 0 Å². The van der Waals surface area contributed by atoms with Crippen LogP contribution in [0, 0.1) is 18.3 Å². The van der Waals surface area contributed by atoms with Crippen molar-refractivity contribution in [2.75, 3.05) is 11.1 Å². The highest BCUT2D eigenvalue weighted by Gasteiger charge is 2.12. The van der Waals surface area contributed by atoms with Crippen LogP contribution in [0.15, 0.2) is 58.2 Å². The van der Waals surface area contributed by atoms with Crippen molar-refractivity contribution in [2.45, 2.75) is 12.1 Å². The van der Waals surface area contributed by atoms with Crippen molar-refractivity contribution in [3.8, 4) is 17.5 Å². The second kappa shape index (κ2) is 7.64. The Morgan fingerprint density at radius 3 is 2.88 bits per heavy atom. The lowest BCUT2D eigenvalue weighted by molar-refractivity contribution is -0.113. The van der Waals surface area contributed by atoms with Gasteiger partial charge < -0.3 is 9.73 Å². The van der Waals surface area contributed by atoms with Gasteiger partial charge in [-0.1, -0.05) is 36.0 Å². The van der Waals surface area contributed by atoms with Crippen LogP contribution in [0.4, 0.5) is 5.69 Å². The number of hydrogen-bond donors (Lipinski definition) is 1. The van der Waals surface area contributed by atoms with Crippen LogP contribution in [0.5, 0.6) is 0 Å². The highest BCUT2D eigenvalue weighted by atomic mass is 32.2. The Hall–Kier alpha value is -3.11. The molecule has 0 aliphatic heterocycles. The zero-order valence-corrected chi connectivity index (χ0v) is 14.2. The summed E-state index contributed by atoms with van der Waals surface area (Å²) in [5.74, 6) is 0.352. The van der Waals surface area contributed by atoms with E-state index in [-0.39, 0.29) is 11.7 Å². The minimum atomic E-state index is -0.212. The summed E-state index contributed by atoms with van der Waals surface area (Å²) < 4.78 is 5.61. The Morgan fingerprint density at radius 1 is 1.24 bits per heavy atom. The van der Waals surface area contributed by atoms with Crippen LogP contribution in [-0.2, 0) is 4.79 Å². The molecule has 0 aliphatic carbocycles. The minimum absolute atomic E-state index is 0.131. The fraction of sp³-hybridized carbons (Fsp3) is 0.111. The van der Waals surface area contributed by atoms with Crippen molar-refractivity contribution in [1.29, 1.82) is 5.26 Å². The number of hydrogen-bond acceptors (Lipinski definition) is 6. The molecular formula is C18H14N4O2S. The van der Waals surface area contributed by atoms with Crippen molar-refractivity contribution < 1.29 is 9.21 Å². The third kappa shape index (κ3) is 4.25. The van der Waals surface area contributed by atoms with E-state index in [0.29, 0.717) is 22.4 Å². The van der Waals surface area contributed by atoms with Crippen LogP contribution < -0.4 is 5.32 Å². The number of benzene rings is 2. The topological polar surface area (TPSA) is 91.8 Å². The summed E-state index contributed by atoms with van der Waals surface area (Å²) in [6.07, 6.45) is 0. The maximum atomic E-state index is 12.0. The van der Waals surface area contributed by atoms with Gasteiger partial charge in [-0.3, -0.25) is 4.79 Å². The van der Waals surface area contributed by atoms with Gasteiger partial charge in [-0.15, -0.1) is 10.2 Å². The number of nitrogens with one attached hydrogen (secondary N) is 1.